The number of imidazole rings is 1. The number of nitrogens with zero attached hydrogens (tertiary/aromatic N) is 3. The zero-order chi connectivity index (χ0) is 27.8. The van der Waals surface area contributed by atoms with Crippen LogP contribution < -0.4 is 4.74 Å². The second-order valence-corrected chi connectivity index (χ2v) is 8.50. The molecule has 200 valence electrons. The summed E-state index contributed by atoms with van der Waals surface area (Å²) < 4.78 is 77.4. The first-order valence-corrected chi connectivity index (χ1v) is 11.4. The predicted octanol–water partition coefficient (Wildman–Crippen LogP) is 5.88. The van der Waals surface area contributed by atoms with Gasteiger partial charge >= 0.3 is 18.8 Å². The first-order chi connectivity index (χ1) is 17.9. The zero-order valence-corrected chi connectivity index (χ0v) is 20.4. The van der Waals surface area contributed by atoms with E-state index in [0.29, 0.717) is 21.6 Å². The Labute approximate surface area is 213 Å². The third kappa shape index (κ3) is 5.38. The maximum absolute atomic E-state index is 13.5. The normalized spacial score (nSPS) is 12.7. The van der Waals surface area contributed by atoms with Gasteiger partial charge in [0, 0.05) is 22.6 Å². The minimum absolute atomic E-state index is 0.0256. The molecule has 0 bridgehead atoms. The predicted molar refractivity (Wildman–Crippen MR) is 126 cm³/mol. The number of hydrogen-bond donors (Lipinski definition) is 0. The first kappa shape index (κ1) is 26.8. The Morgan fingerprint density at radius 3 is 2.32 bits per heavy atom. The Morgan fingerprint density at radius 2 is 1.68 bits per heavy atom. The lowest BCUT2D eigenvalue weighted by molar-refractivity contribution is -0.152. The van der Waals surface area contributed by atoms with Crippen LogP contribution >= 0.6 is 0 Å². The minimum atomic E-state index is -4.80. The molecule has 0 aliphatic rings. The Balaban J connectivity index is 1.52. The Hall–Kier alpha value is -4.22. The highest BCUT2D eigenvalue weighted by Gasteiger charge is 2.38. The molecule has 4 rings (SSSR count). The maximum atomic E-state index is 13.5. The summed E-state index contributed by atoms with van der Waals surface area (Å²) in [6, 6.07) is 13.2. The number of rotatable bonds is 8. The van der Waals surface area contributed by atoms with Crippen LogP contribution in [0.25, 0.3) is 16.7 Å². The van der Waals surface area contributed by atoms with E-state index < -0.39 is 43.0 Å². The second kappa shape index (κ2) is 10.3. The van der Waals surface area contributed by atoms with Crippen molar-refractivity contribution in [3.05, 3.63) is 77.4 Å². The number of aryl methyl sites for hydroxylation is 1. The lowest BCUT2D eigenvalue weighted by atomic mass is 10.1. The number of aromatic nitrogens is 3. The fourth-order valence-electron chi connectivity index (χ4n) is 4.27. The van der Waals surface area contributed by atoms with Crippen molar-refractivity contribution < 1.29 is 41.0 Å². The SMILES string of the molecule is Cc1cc(C(=O)C(C)OC(=O)Cn2c(C(F)(F)F)nc3ccccc32)c(C)n1-c1ccc(OC(F)F)cc1. The van der Waals surface area contributed by atoms with E-state index in [4.69, 9.17) is 4.74 Å². The molecule has 0 N–H and O–H groups in total. The summed E-state index contributed by atoms with van der Waals surface area (Å²) in [4.78, 5) is 29.3. The van der Waals surface area contributed by atoms with Crippen LogP contribution in [0.3, 0.4) is 0 Å². The average Bonchev–Trinajstić information content (AvgIpc) is 3.35. The van der Waals surface area contributed by atoms with Crippen LogP contribution in [0.2, 0.25) is 0 Å². The van der Waals surface area contributed by atoms with Crippen LogP contribution in [0.15, 0.2) is 54.6 Å². The third-order valence-electron chi connectivity index (χ3n) is 5.89. The lowest BCUT2D eigenvalue weighted by Crippen LogP contribution is -2.28. The van der Waals surface area contributed by atoms with Gasteiger partial charge in [0.1, 0.15) is 12.3 Å². The third-order valence-corrected chi connectivity index (χ3v) is 5.89. The molecule has 0 spiro atoms. The number of carbonyl (C=O) groups is 2. The van der Waals surface area contributed by atoms with Crippen LogP contribution in [0.4, 0.5) is 22.0 Å². The van der Waals surface area contributed by atoms with E-state index in [-0.39, 0.29) is 22.3 Å². The highest BCUT2D eigenvalue weighted by Crippen LogP contribution is 2.31. The van der Waals surface area contributed by atoms with Crippen LogP contribution in [-0.2, 0) is 22.3 Å². The van der Waals surface area contributed by atoms with Crippen molar-refractivity contribution in [1.29, 1.82) is 0 Å². The molecule has 0 fully saturated rings. The molecule has 0 aliphatic heterocycles. The second-order valence-electron chi connectivity index (χ2n) is 8.50. The first-order valence-electron chi connectivity index (χ1n) is 11.4. The number of benzene rings is 2. The highest BCUT2D eigenvalue weighted by atomic mass is 19.4. The quantitative estimate of drug-likeness (QED) is 0.160. The van der Waals surface area contributed by atoms with Crippen molar-refractivity contribution in [3.8, 4) is 11.4 Å². The fraction of sp³-hybridized carbons (Fsp3) is 0.269. The van der Waals surface area contributed by atoms with Gasteiger partial charge in [0.15, 0.2) is 6.10 Å². The molecule has 2 heterocycles. The van der Waals surface area contributed by atoms with E-state index in [9.17, 15) is 31.5 Å². The molecular weight excluding hydrogens is 513 g/mol. The van der Waals surface area contributed by atoms with E-state index in [1.165, 1.54) is 43.3 Å². The topological polar surface area (TPSA) is 75.4 Å². The molecule has 38 heavy (non-hydrogen) atoms. The van der Waals surface area contributed by atoms with Crippen LogP contribution in [0.1, 0.15) is 34.5 Å². The molecule has 0 amide bonds. The van der Waals surface area contributed by atoms with Crippen molar-refractivity contribution in [2.45, 2.75) is 46.2 Å². The number of alkyl halides is 5. The molecule has 2 aromatic heterocycles. The van der Waals surface area contributed by atoms with Crippen LogP contribution in [0, 0.1) is 13.8 Å². The van der Waals surface area contributed by atoms with Crippen molar-refractivity contribution in [2.75, 3.05) is 0 Å². The Kier molecular flexibility index (Phi) is 7.25. The van der Waals surface area contributed by atoms with Gasteiger partial charge < -0.3 is 18.6 Å². The molecule has 0 aliphatic carbocycles. The van der Waals surface area contributed by atoms with Crippen molar-refractivity contribution in [2.24, 2.45) is 0 Å². The number of halogens is 5. The van der Waals surface area contributed by atoms with Gasteiger partial charge in [-0.15, -0.1) is 0 Å². The van der Waals surface area contributed by atoms with Gasteiger partial charge in [0.05, 0.1) is 11.0 Å². The van der Waals surface area contributed by atoms with E-state index >= 15 is 0 Å². The Bertz CT molecular complexity index is 1490. The van der Waals surface area contributed by atoms with Gasteiger partial charge in [0.2, 0.25) is 11.6 Å². The van der Waals surface area contributed by atoms with Crippen LogP contribution in [-0.4, -0.2) is 38.6 Å². The number of ether oxygens (including phenoxy) is 2. The van der Waals surface area contributed by atoms with Gasteiger partial charge in [-0.2, -0.15) is 22.0 Å². The van der Waals surface area contributed by atoms with Crippen molar-refractivity contribution in [1.82, 2.24) is 14.1 Å². The Morgan fingerprint density at radius 1 is 1.03 bits per heavy atom. The molecule has 1 atom stereocenters. The molecule has 2 aromatic carbocycles. The van der Waals surface area contributed by atoms with Gasteiger partial charge in [0.25, 0.3) is 0 Å². The van der Waals surface area contributed by atoms with Gasteiger partial charge in [-0.25, -0.2) is 4.98 Å². The van der Waals surface area contributed by atoms with E-state index in [0.717, 1.165) is 0 Å². The van der Waals surface area contributed by atoms with Gasteiger partial charge in [-0.05, 0) is 63.2 Å². The fourth-order valence-corrected chi connectivity index (χ4v) is 4.27. The molecule has 1 unspecified atom stereocenters. The smallest absolute Gasteiger partial charge is 0.449 e. The zero-order valence-electron chi connectivity index (χ0n) is 20.4. The summed E-state index contributed by atoms with van der Waals surface area (Å²) in [5.74, 6) is -2.87. The number of para-hydroxylation sites is 2. The summed E-state index contributed by atoms with van der Waals surface area (Å²) in [6.45, 7) is 0.966. The monoisotopic (exact) mass is 535 g/mol. The largest absolute Gasteiger partial charge is 0.453 e. The summed E-state index contributed by atoms with van der Waals surface area (Å²) in [7, 11) is 0. The summed E-state index contributed by atoms with van der Waals surface area (Å²) in [6.07, 6.45) is -6.09. The standard InChI is InChI=1S/C26H22F5N3O4/c1-14-12-19(15(2)34(14)17-8-10-18(11-9-17)38-25(27)28)23(36)16(3)37-22(35)13-33-21-7-5-4-6-20(21)32-24(33)26(29,30)31/h4-12,16,25H,13H2,1-3H3. The minimum Gasteiger partial charge on any atom is -0.453 e. The number of hydrogen-bond acceptors (Lipinski definition) is 5. The number of fused-ring (bicyclic) bond motifs is 1. The number of carbonyl (C=O) groups excluding carboxylic acids is 2. The molecule has 12 heteroatoms. The molecule has 7 nitrogen and oxygen atoms in total. The number of esters is 1. The molecule has 0 saturated heterocycles. The average molecular weight is 535 g/mol. The summed E-state index contributed by atoms with van der Waals surface area (Å²) >= 11 is 0. The number of ketones is 1. The molecule has 0 radical (unpaired) electrons. The maximum Gasteiger partial charge on any atom is 0.449 e. The highest BCUT2D eigenvalue weighted by molar-refractivity contribution is 6.01. The van der Waals surface area contributed by atoms with Gasteiger partial charge in [-0.1, -0.05) is 12.1 Å². The van der Waals surface area contributed by atoms with E-state index in [2.05, 4.69) is 9.72 Å². The molecule has 0 saturated carbocycles. The van der Waals surface area contributed by atoms with Gasteiger partial charge in [-0.3, -0.25) is 9.59 Å². The van der Waals surface area contributed by atoms with Crippen molar-refractivity contribution in [3.63, 3.8) is 0 Å². The lowest BCUT2D eigenvalue weighted by Gasteiger charge is -2.15. The molecular formula is C26H22F5N3O4. The number of Topliss-reactive ketones (excluding diaryl/α,β-unsaturated/α-hetero) is 1. The van der Waals surface area contributed by atoms with Crippen molar-refractivity contribution >= 4 is 22.8 Å². The molecule has 4 aromatic rings. The summed E-state index contributed by atoms with van der Waals surface area (Å²) in [5, 5.41) is 0. The van der Waals surface area contributed by atoms with E-state index in [1.54, 1.807) is 36.6 Å². The van der Waals surface area contributed by atoms with E-state index in [1.807, 2.05) is 0 Å². The summed E-state index contributed by atoms with van der Waals surface area (Å²) in [5.41, 5.74) is 2.13. The van der Waals surface area contributed by atoms with Crippen LogP contribution in [0.5, 0.6) is 5.75 Å².